The molecule has 8 nitrogen and oxygen atoms in total. The third-order valence-corrected chi connectivity index (χ3v) is 8.55. The lowest BCUT2D eigenvalue weighted by molar-refractivity contribution is -0.123. The number of anilines is 1. The Labute approximate surface area is 227 Å². The van der Waals surface area contributed by atoms with Crippen molar-refractivity contribution < 1.29 is 18.0 Å². The zero-order chi connectivity index (χ0) is 27.5. The fourth-order valence-electron chi connectivity index (χ4n) is 4.33. The fraction of sp³-hybridized carbons (Fsp3) is 0.250. The molecule has 3 aromatic rings. The average Bonchev–Trinajstić information content (AvgIpc) is 3.06. The van der Waals surface area contributed by atoms with Gasteiger partial charge >= 0.3 is 6.03 Å². The van der Waals surface area contributed by atoms with E-state index in [0.717, 1.165) is 16.0 Å². The molecule has 4 rings (SSSR count). The van der Waals surface area contributed by atoms with Gasteiger partial charge in [0.1, 0.15) is 5.54 Å². The van der Waals surface area contributed by atoms with Gasteiger partial charge in [0.15, 0.2) is 0 Å². The number of carbonyl (C=O) groups is 2. The molecule has 0 atom stereocenters. The maximum atomic E-state index is 13.6. The van der Waals surface area contributed by atoms with E-state index in [4.69, 9.17) is 18.2 Å². The van der Waals surface area contributed by atoms with Crippen molar-refractivity contribution in [1.29, 1.82) is 0 Å². The molecular weight excluding hydrogens is 524 g/mol. The summed E-state index contributed by atoms with van der Waals surface area (Å²) in [4.78, 5) is 32.2. The van der Waals surface area contributed by atoms with Crippen LogP contribution in [-0.4, -0.2) is 47.4 Å². The Kier molecular flexibility index (Phi) is 7.88. The lowest BCUT2D eigenvalue weighted by Gasteiger charge is -2.29. The summed E-state index contributed by atoms with van der Waals surface area (Å²) in [5.41, 5.74) is 0.831. The standard InChI is InChI=1S/C28H27ClN4O4S/c1-28(2)26(34)33(23-14-15-25(30-3)24(29)18-23)27(35)32(28)16-17-38(36,37)31(19-21-10-6-4-7-11-21)20-22-12-8-5-9-13-22/h4-15,18H,16-17,19-20H2,1-2H3. The van der Waals surface area contributed by atoms with Crippen molar-refractivity contribution in [3.63, 3.8) is 0 Å². The molecule has 196 valence electrons. The summed E-state index contributed by atoms with van der Waals surface area (Å²) in [6, 6.07) is 22.3. The topological polar surface area (TPSA) is 82.4 Å². The molecule has 0 N–H and O–H groups in total. The van der Waals surface area contributed by atoms with E-state index in [1.807, 2.05) is 60.7 Å². The van der Waals surface area contributed by atoms with E-state index >= 15 is 0 Å². The van der Waals surface area contributed by atoms with Gasteiger partial charge in [-0.15, -0.1) is 0 Å². The average molecular weight is 551 g/mol. The number of rotatable bonds is 9. The monoisotopic (exact) mass is 550 g/mol. The van der Waals surface area contributed by atoms with E-state index in [-0.39, 0.29) is 41.8 Å². The molecule has 0 aliphatic carbocycles. The highest BCUT2D eigenvalue weighted by molar-refractivity contribution is 7.89. The zero-order valence-corrected chi connectivity index (χ0v) is 22.6. The van der Waals surface area contributed by atoms with E-state index in [1.54, 1.807) is 13.8 Å². The first-order valence-electron chi connectivity index (χ1n) is 11.9. The van der Waals surface area contributed by atoms with E-state index in [2.05, 4.69) is 4.85 Å². The Morgan fingerprint density at radius 1 is 0.921 bits per heavy atom. The normalized spacial score (nSPS) is 15.2. The smallest absolute Gasteiger partial charge is 0.309 e. The van der Waals surface area contributed by atoms with Gasteiger partial charge in [-0.2, -0.15) is 4.31 Å². The SMILES string of the molecule is [C-]#[N+]c1ccc(N2C(=O)N(CCS(=O)(=O)N(Cc3ccccc3)Cc3ccccc3)C(C)(C)C2=O)cc1Cl. The number of amides is 3. The number of halogens is 1. The van der Waals surface area contributed by atoms with E-state index in [0.29, 0.717) is 0 Å². The van der Waals surface area contributed by atoms with E-state index < -0.39 is 27.5 Å². The summed E-state index contributed by atoms with van der Waals surface area (Å²) in [6.07, 6.45) is 0. The lowest BCUT2D eigenvalue weighted by Crippen LogP contribution is -2.47. The lowest BCUT2D eigenvalue weighted by atomic mass is 10.0. The molecule has 0 bridgehead atoms. The van der Waals surface area contributed by atoms with Crippen molar-refractivity contribution >= 4 is 44.9 Å². The second-order valence-electron chi connectivity index (χ2n) is 9.44. The van der Waals surface area contributed by atoms with Crippen molar-refractivity contribution in [2.75, 3.05) is 17.2 Å². The molecule has 1 aliphatic rings. The highest BCUT2D eigenvalue weighted by atomic mass is 35.5. The van der Waals surface area contributed by atoms with Crippen LogP contribution in [0.4, 0.5) is 16.2 Å². The van der Waals surface area contributed by atoms with Gasteiger partial charge in [0.25, 0.3) is 5.91 Å². The number of hydrogen-bond acceptors (Lipinski definition) is 4. The minimum atomic E-state index is -3.84. The molecule has 10 heteroatoms. The second kappa shape index (κ2) is 11.0. The van der Waals surface area contributed by atoms with Gasteiger partial charge in [-0.3, -0.25) is 4.79 Å². The molecule has 0 aromatic heterocycles. The minimum absolute atomic E-state index is 0.120. The highest BCUT2D eigenvalue weighted by Gasteiger charge is 2.52. The van der Waals surface area contributed by atoms with Crippen molar-refractivity contribution in [2.45, 2.75) is 32.5 Å². The Hall–Kier alpha value is -3.71. The van der Waals surface area contributed by atoms with Crippen LogP contribution in [0, 0.1) is 6.57 Å². The van der Waals surface area contributed by atoms with Crippen LogP contribution < -0.4 is 4.90 Å². The van der Waals surface area contributed by atoms with Crippen molar-refractivity contribution in [2.24, 2.45) is 0 Å². The van der Waals surface area contributed by atoms with Gasteiger partial charge in [0.05, 0.1) is 18.0 Å². The van der Waals surface area contributed by atoms with Gasteiger partial charge < -0.3 is 4.90 Å². The van der Waals surface area contributed by atoms with Crippen LogP contribution in [0.25, 0.3) is 4.85 Å². The molecule has 1 heterocycles. The summed E-state index contributed by atoms with van der Waals surface area (Å²) < 4.78 is 28.6. The molecule has 1 saturated heterocycles. The summed E-state index contributed by atoms with van der Waals surface area (Å²) in [7, 11) is -3.84. The van der Waals surface area contributed by atoms with Crippen molar-refractivity contribution in [3.05, 3.63) is 106 Å². The summed E-state index contributed by atoms with van der Waals surface area (Å²) in [6.45, 7) is 10.5. The number of nitrogens with zero attached hydrogens (tertiary/aromatic N) is 4. The second-order valence-corrected chi connectivity index (χ2v) is 11.9. The highest BCUT2D eigenvalue weighted by Crippen LogP contribution is 2.36. The molecule has 0 spiro atoms. The number of urea groups is 1. The van der Waals surface area contributed by atoms with Crippen LogP contribution in [0.15, 0.2) is 78.9 Å². The van der Waals surface area contributed by atoms with Crippen LogP contribution >= 0.6 is 11.6 Å². The van der Waals surface area contributed by atoms with E-state index in [9.17, 15) is 18.0 Å². The third kappa shape index (κ3) is 5.58. The number of carbonyl (C=O) groups excluding carboxylic acids is 2. The Balaban J connectivity index is 1.57. The predicted octanol–water partition coefficient (Wildman–Crippen LogP) is 5.47. The third-order valence-electron chi connectivity index (χ3n) is 6.50. The number of imide groups is 1. The van der Waals surface area contributed by atoms with Crippen LogP contribution in [0.2, 0.25) is 5.02 Å². The molecule has 1 fully saturated rings. The van der Waals surface area contributed by atoms with Gasteiger partial charge in [-0.25, -0.2) is 23.0 Å². The quantitative estimate of drug-likeness (QED) is 0.261. The number of hydrogen-bond donors (Lipinski definition) is 0. The predicted molar refractivity (Wildman–Crippen MR) is 147 cm³/mol. The Bertz CT molecular complexity index is 1450. The van der Waals surface area contributed by atoms with Crippen LogP contribution in [0.5, 0.6) is 0 Å². The maximum Gasteiger partial charge on any atom is 0.332 e. The largest absolute Gasteiger partial charge is 0.332 e. The first-order chi connectivity index (χ1) is 18.0. The zero-order valence-electron chi connectivity index (χ0n) is 21.0. The first kappa shape index (κ1) is 27.3. The molecule has 0 unspecified atom stereocenters. The van der Waals surface area contributed by atoms with Crippen LogP contribution in [-0.2, 0) is 27.9 Å². The molecule has 3 aromatic carbocycles. The molecular formula is C28H27ClN4O4S. The molecule has 0 radical (unpaired) electrons. The summed E-state index contributed by atoms with van der Waals surface area (Å²) in [5.74, 6) is -0.864. The van der Waals surface area contributed by atoms with Gasteiger partial charge in [0.2, 0.25) is 15.7 Å². The fourth-order valence-corrected chi connectivity index (χ4v) is 5.91. The van der Waals surface area contributed by atoms with Crippen LogP contribution in [0.3, 0.4) is 0 Å². The number of benzene rings is 3. The molecule has 3 amide bonds. The maximum absolute atomic E-state index is 13.6. The van der Waals surface area contributed by atoms with Crippen molar-refractivity contribution in [3.8, 4) is 0 Å². The minimum Gasteiger partial charge on any atom is -0.309 e. The van der Waals surface area contributed by atoms with Crippen LogP contribution in [0.1, 0.15) is 25.0 Å². The van der Waals surface area contributed by atoms with Gasteiger partial charge in [-0.1, -0.05) is 78.3 Å². The molecule has 38 heavy (non-hydrogen) atoms. The molecule has 0 saturated carbocycles. The van der Waals surface area contributed by atoms with Gasteiger partial charge in [-0.05, 0) is 37.1 Å². The Morgan fingerprint density at radius 2 is 1.47 bits per heavy atom. The number of sulfonamides is 1. The van der Waals surface area contributed by atoms with Gasteiger partial charge in [0, 0.05) is 24.7 Å². The van der Waals surface area contributed by atoms with Crippen molar-refractivity contribution in [1.82, 2.24) is 9.21 Å². The van der Waals surface area contributed by atoms with E-state index in [1.165, 1.54) is 27.4 Å². The summed E-state index contributed by atoms with van der Waals surface area (Å²) >= 11 is 6.14. The summed E-state index contributed by atoms with van der Waals surface area (Å²) in [5, 5.41) is 0.120. The Morgan fingerprint density at radius 3 is 1.97 bits per heavy atom. The molecule has 1 aliphatic heterocycles. The first-order valence-corrected chi connectivity index (χ1v) is 13.9.